The molecule has 118 valence electrons. The largest absolute Gasteiger partial charge is 0.395 e. The summed E-state index contributed by atoms with van der Waals surface area (Å²) < 4.78 is 11.0. The van der Waals surface area contributed by atoms with Crippen LogP contribution in [0.5, 0.6) is 0 Å². The molecule has 2 aliphatic rings. The van der Waals surface area contributed by atoms with Crippen LogP contribution in [-0.2, 0) is 25.6 Å². The summed E-state index contributed by atoms with van der Waals surface area (Å²) in [6.07, 6.45) is -2.46. The minimum atomic E-state index is -0.954. The van der Waals surface area contributed by atoms with Gasteiger partial charge in [-0.2, -0.15) is 0 Å². The SMILES string of the molecule is O=C(NCCO)[C@@H]1O[C@H]2CN(Cc3ccccc3)C(=O)[C@@H]1O2. The third kappa shape index (κ3) is 2.96. The van der Waals surface area contributed by atoms with Gasteiger partial charge in [0, 0.05) is 13.1 Å². The van der Waals surface area contributed by atoms with Crippen molar-refractivity contribution in [2.75, 3.05) is 19.7 Å². The number of carbonyl (C=O) groups excluding carboxylic acids is 2. The third-order valence-electron chi connectivity index (χ3n) is 3.68. The van der Waals surface area contributed by atoms with Crippen molar-refractivity contribution in [1.82, 2.24) is 10.2 Å². The van der Waals surface area contributed by atoms with Crippen molar-refractivity contribution in [3.05, 3.63) is 35.9 Å². The first-order chi connectivity index (χ1) is 10.7. The first-order valence-corrected chi connectivity index (χ1v) is 7.21. The van der Waals surface area contributed by atoms with E-state index < -0.39 is 24.4 Å². The van der Waals surface area contributed by atoms with Gasteiger partial charge in [0.1, 0.15) is 0 Å². The third-order valence-corrected chi connectivity index (χ3v) is 3.68. The maximum atomic E-state index is 12.5. The van der Waals surface area contributed by atoms with Crippen molar-refractivity contribution in [1.29, 1.82) is 0 Å². The van der Waals surface area contributed by atoms with Crippen molar-refractivity contribution >= 4 is 11.8 Å². The molecule has 7 nitrogen and oxygen atoms in total. The zero-order valence-electron chi connectivity index (χ0n) is 12.0. The van der Waals surface area contributed by atoms with E-state index in [1.807, 2.05) is 30.3 Å². The average Bonchev–Trinajstić information content (AvgIpc) is 2.90. The van der Waals surface area contributed by atoms with E-state index in [9.17, 15) is 9.59 Å². The number of fused-ring (bicyclic) bond motifs is 2. The van der Waals surface area contributed by atoms with Crippen molar-refractivity contribution in [3.63, 3.8) is 0 Å². The lowest BCUT2D eigenvalue weighted by Gasteiger charge is -2.30. The predicted molar refractivity (Wildman–Crippen MR) is 75.5 cm³/mol. The summed E-state index contributed by atoms with van der Waals surface area (Å²) in [5.74, 6) is -0.682. The van der Waals surface area contributed by atoms with Crippen LogP contribution in [0.4, 0.5) is 0 Å². The number of amides is 2. The molecule has 1 aromatic carbocycles. The molecule has 3 rings (SSSR count). The highest BCUT2D eigenvalue weighted by Gasteiger charge is 2.50. The molecule has 7 heteroatoms. The van der Waals surface area contributed by atoms with Gasteiger partial charge in [-0.1, -0.05) is 30.3 Å². The molecule has 0 saturated carbocycles. The molecule has 0 radical (unpaired) electrons. The van der Waals surface area contributed by atoms with Crippen LogP contribution < -0.4 is 5.32 Å². The fourth-order valence-corrected chi connectivity index (χ4v) is 2.65. The topological polar surface area (TPSA) is 88.1 Å². The first kappa shape index (κ1) is 15.0. The molecule has 2 heterocycles. The number of nitrogens with zero attached hydrogens (tertiary/aromatic N) is 1. The fraction of sp³-hybridized carbons (Fsp3) is 0.467. The Morgan fingerprint density at radius 3 is 2.82 bits per heavy atom. The Hall–Kier alpha value is -1.96. The van der Waals surface area contributed by atoms with Crippen LogP contribution in [0.2, 0.25) is 0 Å². The lowest BCUT2D eigenvalue weighted by Crippen LogP contribution is -2.51. The van der Waals surface area contributed by atoms with Gasteiger partial charge in [-0.15, -0.1) is 0 Å². The van der Waals surface area contributed by atoms with Gasteiger partial charge < -0.3 is 24.8 Å². The Morgan fingerprint density at radius 2 is 2.09 bits per heavy atom. The Morgan fingerprint density at radius 1 is 1.32 bits per heavy atom. The monoisotopic (exact) mass is 306 g/mol. The second-order valence-corrected chi connectivity index (χ2v) is 5.26. The number of hydrogen-bond acceptors (Lipinski definition) is 5. The lowest BCUT2D eigenvalue weighted by atomic mass is 10.1. The van der Waals surface area contributed by atoms with E-state index in [2.05, 4.69) is 5.32 Å². The van der Waals surface area contributed by atoms with Crippen molar-refractivity contribution in [2.24, 2.45) is 0 Å². The minimum absolute atomic E-state index is 0.123. The zero-order valence-corrected chi connectivity index (χ0v) is 12.0. The molecule has 2 amide bonds. The van der Waals surface area contributed by atoms with E-state index >= 15 is 0 Å². The summed E-state index contributed by atoms with van der Waals surface area (Å²) in [4.78, 5) is 26.1. The van der Waals surface area contributed by atoms with E-state index in [1.54, 1.807) is 4.90 Å². The van der Waals surface area contributed by atoms with Gasteiger partial charge in [0.2, 0.25) is 0 Å². The molecule has 0 unspecified atom stereocenters. The molecule has 0 spiro atoms. The Labute approximate surface area is 127 Å². The molecule has 2 fully saturated rings. The summed E-state index contributed by atoms with van der Waals surface area (Å²) >= 11 is 0. The van der Waals surface area contributed by atoms with Gasteiger partial charge in [0.05, 0.1) is 13.2 Å². The van der Waals surface area contributed by atoms with Crippen LogP contribution in [0.15, 0.2) is 30.3 Å². The zero-order chi connectivity index (χ0) is 15.5. The molecular weight excluding hydrogens is 288 g/mol. The van der Waals surface area contributed by atoms with E-state index in [1.165, 1.54) is 0 Å². The summed E-state index contributed by atoms with van der Waals surface area (Å²) in [7, 11) is 0. The number of aliphatic hydroxyl groups excluding tert-OH is 1. The first-order valence-electron chi connectivity index (χ1n) is 7.21. The molecule has 22 heavy (non-hydrogen) atoms. The molecule has 3 atom stereocenters. The molecule has 2 bridgehead atoms. The summed E-state index contributed by atoms with van der Waals surface area (Å²) in [5, 5.41) is 11.2. The number of rotatable bonds is 5. The highest BCUT2D eigenvalue weighted by atomic mass is 16.7. The molecule has 2 aliphatic heterocycles. The van der Waals surface area contributed by atoms with E-state index in [4.69, 9.17) is 14.6 Å². The summed E-state index contributed by atoms with van der Waals surface area (Å²) in [5.41, 5.74) is 1.01. The van der Waals surface area contributed by atoms with Crippen LogP contribution in [0.3, 0.4) is 0 Å². The van der Waals surface area contributed by atoms with Crippen LogP contribution >= 0.6 is 0 Å². The molecule has 2 saturated heterocycles. The van der Waals surface area contributed by atoms with Gasteiger partial charge in [0.25, 0.3) is 11.8 Å². The van der Waals surface area contributed by atoms with Gasteiger partial charge in [-0.25, -0.2) is 0 Å². The Kier molecular flexibility index (Phi) is 4.37. The molecule has 2 N–H and O–H groups in total. The molecule has 1 aromatic rings. The Balaban J connectivity index is 1.67. The van der Waals surface area contributed by atoms with Crippen molar-refractivity contribution in [3.8, 4) is 0 Å². The number of benzene rings is 1. The standard InChI is InChI=1S/C15H18N2O5/c18-7-6-16-14(19)12-13-15(20)17(9-11(21-12)22-13)8-10-4-2-1-3-5-10/h1-5,11-13,18H,6-9H2,(H,16,19)/t11-,12-,13-/m1/s1. The quantitative estimate of drug-likeness (QED) is 0.747. The highest BCUT2D eigenvalue weighted by molar-refractivity contribution is 5.92. The number of morpholine rings is 1. The van der Waals surface area contributed by atoms with E-state index in [0.29, 0.717) is 13.1 Å². The minimum Gasteiger partial charge on any atom is -0.395 e. The van der Waals surface area contributed by atoms with Gasteiger partial charge >= 0.3 is 0 Å². The molecule has 0 aliphatic carbocycles. The van der Waals surface area contributed by atoms with Crippen LogP contribution in [0.1, 0.15) is 5.56 Å². The Bertz CT molecular complexity index is 550. The molecular formula is C15H18N2O5. The van der Waals surface area contributed by atoms with Gasteiger partial charge in [0.15, 0.2) is 18.5 Å². The average molecular weight is 306 g/mol. The smallest absolute Gasteiger partial charge is 0.255 e. The maximum absolute atomic E-state index is 12.5. The van der Waals surface area contributed by atoms with Crippen LogP contribution in [0.25, 0.3) is 0 Å². The lowest BCUT2D eigenvalue weighted by molar-refractivity contribution is -0.162. The van der Waals surface area contributed by atoms with Crippen molar-refractivity contribution < 1.29 is 24.2 Å². The van der Waals surface area contributed by atoms with Crippen LogP contribution in [0, 0.1) is 0 Å². The highest BCUT2D eigenvalue weighted by Crippen LogP contribution is 2.28. The second-order valence-electron chi connectivity index (χ2n) is 5.26. The summed E-state index contributed by atoms with van der Waals surface area (Å²) in [6.45, 7) is 0.720. The fourth-order valence-electron chi connectivity index (χ4n) is 2.65. The van der Waals surface area contributed by atoms with Crippen molar-refractivity contribution in [2.45, 2.75) is 25.0 Å². The van der Waals surface area contributed by atoms with E-state index in [0.717, 1.165) is 5.56 Å². The number of nitrogens with one attached hydrogen (secondary N) is 1. The number of ether oxygens (including phenoxy) is 2. The summed E-state index contributed by atoms with van der Waals surface area (Å²) in [6, 6.07) is 9.62. The van der Waals surface area contributed by atoms with Gasteiger partial charge in [-0.05, 0) is 5.56 Å². The van der Waals surface area contributed by atoms with E-state index in [-0.39, 0.29) is 19.1 Å². The van der Waals surface area contributed by atoms with Crippen LogP contribution in [-0.4, -0.2) is 60.0 Å². The number of carbonyl (C=O) groups is 2. The maximum Gasteiger partial charge on any atom is 0.255 e. The number of aliphatic hydroxyl groups is 1. The normalized spacial score (nSPS) is 27.0. The number of hydrogen-bond donors (Lipinski definition) is 2. The second kappa shape index (κ2) is 6.43. The van der Waals surface area contributed by atoms with Gasteiger partial charge in [-0.3, -0.25) is 9.59 Å². The predicted octanol–water partition coefficient (Wildman–Crippen LogP) is -0.753. The molecule has 0 aromatic heterocycles.